The number of benzene rings is 1. The van der Waals surface area contributed by atoms with Crippen molar-refractivity contribution in [2.45, 2.75) is 13.0 Å². The zero-order chi connectivity index (χ0) is 19.8. The predicted molar refractivity (Wildman–Crippen MR) is 106 cm³/mol. The molecule has 28 heavy (non-hydrogen) atoms. The van der Waals surface area contributed by atoms with Crippen molar-refractivity contribution in [3.05, 3.63) is 53.3 Å². The average Bonchev–Trinajstić information content (AvgIpc) is 3.37. The number of likely N-dealkylation sites (tertiary alicyclic amines) is 2. The van der Waals surface area contributed by atoms with Crippen LogP contribution < -0.4 is 0 Å². The molecule has 1 aromatic carbocycles. The number of aromatic nitrogens is 2. The number of aryl methyl sites for hydroxylation is 1. The minimum atomic E-state index is 0.0119. The number of carbonyl (C=O) groups excluding carboxylic acids is 2. The van der Waals surface area contributed by atoms with Gasteiger partial charge in [0.25, 0.3) is 5.91 Å². The summed E-state index contributed by atoms with van der Waals surface area (Å²) in [7, 11) is 3.84. The molecule has 4 rings (SSSR count). The third-order valence-electron chi connectivity index (χ3n) is 5.98. The summed E-state index contributed by atoms with van der Waals surface area (Å²) in [6.07, 6.45) is 3.21. The molecule has 2 aliphatic rings. The highest BCUT2D eigenvalue weighted by molar-refractivity contribution is 5.94. The highest BCUT2D eigenvalue weighted by Crippen LogP contribution is 2.46. The molecule has 2 fully saturated rings. The summed E-state index contributed by atoms with van der Waals surface area (Å²) in [6.45, 7) is 4.55. The zero-order valence-electron chi connectivity index (χ0n) is 16.6. The van der Waals surface area contributed by atoms with Crippen molar-refractivity contribution in [3.8, 4) is 0 Å². The van der Waals surface area contributed by atoms with E-state index in [1.54, 1.807) is 12.4 Å². The molecule has 2 amide bonds. The van der Waals surface area contributed by atoms with Gasteiger partial charge in [-0.3, -0.25) is 14.7 Å². The van der Waals surface area contributed by atoms with E-state index in [0.717, 1.165) is 0 Å². The van der Waals surface area contributed by atoms with Crippen LogP contribution in [0.1, 0.15) is 27.5 Å². The molecule has 0 saturated carbocycles. The van der Waals surface area contributed by atoms with Crippen LogP contribution in [0.5, 0.6) is 0 Å². The standard InChI is InChI=1S/C21H27N5O2/c1-14-6-4-5-7-17(14)20-18-12-25(21(28)15-8-22-23-9-15)10-16(18)11-26(20)19(27)13-24(2)3/h4-9,16,18,20H,10-13H2,1-3H3,(H,22,23)/t16-,18-,20+/m1/s1. The molecule has 3 heterocycles. The van der Waals surface area contributed by atoms with Crippen LogP contribution in [0.4, 0.5) is 0 Å². The van der Waals surface area contributed by atoms with E-state index in [1.165, 1.54) is 11.1 Å². The van der Waals surface area contributed by atoms with Gasteiger partial charge in [-0.2, -0.15) is 5.10 Å². The summed E-state index contributed by atoms with van der Waals surface area (Å²) in [5, 5.41) is 6.61. The number of aromatic amines is 1. The van der Waals surface area contributed by atoms with Crippen molar-refractivity contribution in [3.63, 3.8) is 0 Å². The zero-order valence-corrected chi connectivity index (χ0v) is 16.6. The Hall–Kier alpha value is -2.67. The van der Waals surface area contributed by atoms with Crippen LogP contribution in [0.2, 0.25) is 0 Å². The summed E-state index contributed by atoms with van der Waals surface area (Å²) in [4.78, 5) is 31.6. The number of nitrogens with one attached hydrogen (secondary N) is 1. The van der Waals surface area contributed by atoms with Crippen molar-refractivity contribution in [2.75, 3.05) is 40.3 Å². The maximum Gasteiger partial charge on any atom is 0.257 e. The van der Waals surface area contributed by atoms with E-state index >= 15 is 0 Å². The fourth-order valence-corrected chi connectivity index (χ4v) is 4.70. The molecule has 1 N–H and O–H groups in total. The number of hydrogen-bond donors (Lipinski definition) is 1. The van der Waals surface area contributed by atoms with Crippen LogP contribution in [0.3, 0.4) is 0 Å². The van der Waals surface area contributed by atoms with Crippen LogP contribution in [-0.4, -0.2) is 77.0 Å². The highest BCUT2D eigenvalue weighted by atomic mass is 16.2. The first-order valence-corrected chi connectivity index (χ1v) is 9.73. The van der Waals surface area contributed by atoms with Crippen LogP contribution >= 0.6 is 0 Å². The molecule has 148 valence electrons. The highest BCUT2D eigenvalue weighted by Gasteiger charge is 2.50. The molecule has 0 aliphatic carbocycles. The summed E-state index contributed by atoms with van der Waals surface area (Å²) in [6, 6.07) is 8.30. The number of nitrogens with zero attached hydrogens (tertiary/aromatic N) is 4. The van der Waals surface area contributed by atoms with Crippen molar-refractivity contribution in [2.24, 2.45) is 11.8 Å². The Morgan fingerprint density at radius 1 is 1.21 bits per heavy atom. The lowest BCUT2D eigenvalue weighted by atomic mass is 9.87. The topological polar surface area (TPSA) is 72.5 Å². The Kier molecular flexibility index (Phi) is 4.93. The molecular weight excluding hydrogens is 354 g/mol. The number of rotatable bonds is 4. The van der Waals surface area contributed by atoms with E-state index in [9.17, 15) is 9.59 Å². The van der Waals surface area contributed by atoms with Gasteiger partial charge in [0.15, 0.2) is 0 Å². The number of fused-ring (bicyclic) bond motifs is 1. The summed E-state index contributed by atoms with van der Waals surface area (Å²) in [5.41, 5.74) is 2.98. The minimum absolute atomic E-state index is 0.0119. The van der Waals surface area contributed by atoms with Crippen LogP contribution in [0.15, 0.2) is 36.7 Å². The van der Waals surface area contributed by atoms with E-state index < -0.39 is 0 Å². The van der Waals surface area contributed by atoms with Crippen LogP contribution in [-0.2, 0) is 4.79 Å². The molecule has 2 saturated heterocycles. The van der Waals surface area contributed by atoms with Crippen LogP contribution in [0, 0.1) is 18.8 Å². The number of H-pyrrole nitrogens is 1. The first kappa shape index (κ1) is 18.7. The van der Waals surface area contributed by atoms with Gasteiger partial charge in [-0.15, -0.1) is 0 Å². The quantitative estimate of drug-likeness (QED) is 0.872. The molecule has 3 atom stereocenters. The van der Waals surface area contributed by atoms with Crippen molar-refractivity contribution in [1.82, 2.24) is 24.9 Å². The minimum Gasteiger partial charge on any atom is -0.338 e. The first-order chi connectivity index (χ1) is 13.5. The van der Waals surface area contributed by atoms with Gasteiger partial charge in [-0.25, -0.2) is 0 Å². The fraction of sp³-hybridized carbons (Fsp3) is 0.476. The molecule has 7 nitrogen and oxygen atoms in total. The second kappa shape index (κ2) is 7.39. The Morgan fingerprint density at radius 3 is 2.68 bits per heavy atom. The molecule has 7 heteroatoms. The number of carbonyl (C=O) groups is 2. The van der Waals surface area contributed by atoms with Gasteiger partial charge in [0.05, 0.1) is 24.3 Å². The summed E-state index contributed by atoms with van der Waals surface area (Å²) in [5.74, 6) is 0.716. The normalized spacial score (nSPS) is 24.1. The molecule has 2 aromatic rings. The monoisotopic (exact) mass is 381 g/mol. The fourth-order valence-electron chi connectivity index (χ4n) is 4.70. The summed E-state index contributed by atoms with van der Waals surface area (Å²) >= 11 is 0. The lowest BCUT2D eigenvalue weighted by molar-refractivity contribution is -0.133. The Balaban J connectivity index is 1.62. The van der Waals surface area contributed by atoms with Gasteiger partial charge >= 0.3 is 0 Å². The van der Waals surface area contributed by atoms with Gasteiger partial charge in [-0.05, 0) is 32.1 Å². The SMILES string of the molecule is Cc1ccccc1[C@H]1[C@@H]2CN(C(=O)c3cn[nH]c3)C[C@@H]2CN1C(=O)CN(C)C. The van der Waals surface area contributed by atoms with E-state index in [-0.39, 0.29) is 23.8 Å². The summed E-state index contributed by atoms with van der Waals surface area (Å²) < 4.78 is 0. The average molecular weight is 381 g/mol. The second-order valence-electron chi connectivity index (χ2n) is 8.21. The Labute approximate surface area is 165 Å². The Bertz CT molecular complexity index is 863. The molecule has 0 spiro atoms. The van der Waals surface area contributed by atoms with E-state index in [4.69, 9.17) is 0 Å². The van der Waals surface area contributed by atoms with Gasteiger partial charge < -0.3 is 14.7 Å². The van der Waals surface area contributed by atoms with E-state index in [0.29, 0.717) is 37.7 Å². The largest absolute Gasteiger partial charge is 0.338 e. The number of hydrogen-bond acceptors (Lipinski definition) is 4. The van der Waals surface area contributed by atoms with Crippen molar-refractivity contribution >= 4 is 11.8 Å². The van der Waals surface area contributed by atoms with E-state index in [2.05, 4.69) is 29.3 Å². The van der Waals surface area contributed by atoms with E-state index in [1.807, 2.05) is 40.9 Å². The van der Waals surface area contributed by atoms with Gasteiger partial charge in [0, 0.05) is 37.7 Å². The second-order valence-corrected chi connectivity index (χ2v) is 8.21. The molecule has 0 bridgehead atoms. The van der Waals surface area contributed by atoms with Gasteiger partial charge in [0.1, 0.15) is 0 Å². The van der Waals surface area contributed by atoms with Gasteiger partial charge in [-0.1, -0.05) is 24.3 Å². The molecular formula is C21H27N5O2. The first-order valence-electron chi connectivity index (χ1n) is 9.73. The van der Waals surface area contributed by atoms with Crippen molar-refractivity contribution < 1.29 is 9.59 Å². The molecule has 0 unspecified atom stereocenters. The number of likely N-dealkylation sites (N-methyl/N-ethyl adjacent to an activating group) is 1. The maximum atomic E-state index is 13.0. The third kappa shape index (κ3) is 3.30. The lowest BCUT2D eigenvalue weighted by Gasteiger charge is -2.31. The van der Waals surface area contributed by atoms with Gasteiger partial charge in [0.2, 0.25) is 5.91 Å². The number of amides is 2. The lowest BCUT2D eigenvalue weighted by Crippen LogP contribution is -2.41. The molecule has 0 radical (unpaired) electrons. The predicted octanol–water partition coefficient (Wildman–Crippen LogP) is 1.55. The van der Waals surface area contributed by atoms with Crippen molar-refractivity contribution in [1.29, 1.82) is 0 Å². The molecule has 1 aromatic heterocycles. The Morgan fingerprint density at radius 2 is 2.00 bits per heavy atom. The molecule has 2 aliphatic heterocycles. The third-order valence-corrected chi connectivity index (χ3v) is 5.98. The van der Waals surface area contributed by atoms with Crippen LogP contribution in [0.25, 0.3) is 0 Å². The smallest absolute Gasteiger partial charge is 0.257 e. The maximum absolute atomic E-state index is 13.0.